The predicted molar refractivity (Wildman–Crippen MR) is 51.5 cm³/mol. The van der Waals surface area contributed by atoms with E-state index in [0.717, 1.165) is 0 Å². The van der Waals surface area contributed by atoms with Gasteiger partial charge < -0.3 is 10.0 Å². The van der Waals surface area contributed by atoms with Gasteiger partial charge in [0.2, 0.25) is 5.95 Å². The van der Waals surface area contributed by atoms with Crippen molar-refractivity contribution in [3.05, 3.63) is 31.1 Å². The van der Waals surface area contributed by atoms with Crippen molar-refractivity contribution in [3.63, 3.8) is 0 Å². The van der Waals surface area contributed by atoms with E-state index in [4.69, 9.17) is 5.11 Å². The predicted octanol–water partition coefficient (Wildman–Crippen LogP) is 0.461. The Balaban J connectivity index is 2.69. The first-order valence-electron chi connectivity index (χ1n) is 4.12. The second kappa shape index (κ2) is 5.27. The van der Waals surface area contributed by atoms with E-state index >= 15 is 0 Å². The number of aromatic nitrogens is 2. The first-order chi connectivity index (χ1) is 6.38. The van der Waals surface area contributed by atoms with E-state index in [2.05, 4.69) is 16.5 Å². The summed E-state index contributed by atoms with van der Waals surface area (Å²) in [6.45, 7) is 4.89. The van der Waals surface area contributed by atoms with E-state index in [-0.39, 0.29) is 6.61 Å². The second-order valence-electron chi connectivity index (χ2n) is 2.51. The molecular weight excluding hydrogens is 166 g/mol. The summed E-state index contributed by atoms with van der Waals surface area (Å²) in [6, 6.07) is 1.76. The first-order valence-corrected chi connectivity index (χ1v) is 4.12. The Hall–Kier alpha value is -1.42. The minimum Gasteiger partial charge on any atom is -0.395 e. The number of hydrogen-bond acceptors (Lipinski definition) is 4. The van der Waals surface area contributed by atoms with Crippen molar-refractivity contribution in [2.24, 2.45) is 0 Å². The molecule has 0 aliphatic heterocycles. The minimum absolute atomic E-state index is 0.0894. The molecule has 0 radical (unpaired) electrons. The molecule has 0 fully saturated rings. The van der Waals surface area contributed by atoms with Crippen LogP contribution in [0.5, 0.6) is 0 Å². The van der Waals surface area contributed by atoms with Crippen LogP contribution in [0.2, 0.25) is 0 Å². The lowest BCUT2D eigenvalue weighted by Gasteiger charge is -2.18. The maximum Gasteiger partial charge on any atom is 0.225 e. The molecule has 0 saturated carbocycles. The summed E-state index contributed by atoms with van der Waals surface area (Å²) in [5.74, 6) is 0.622. The number of nitrogens with zero attached hydrogens (tertiary/aromatic N) is 3. The Morgan fingerprint density at radius 3 is 2.69 bits per heavy atom. The molecule has 0 aromatic carbocycles. The lowest BCUT2D eigenvalue weighted by molar-refractivity contribution is 0.302. The molecule has 13 heavy (non-hydrogen) atoms. The van der Waals surface area contributed by atoms with Gasteiger partial charge in [-0.3, -0.25) is 0 Å². The van der Waals surface area contributed by atoms with Gasteiger partial charge >= 0.3 is 0 Å². The fraction of sp³-hybridized carbons (Fsp3) is 0.333. The van der Waals surface area contributed by atoms with Crippen LogP contribution in [0.1, 0.15) is 0 Å². The van der Waals surface area contributed by atoms with Crippen LogP contribution >= 0.6 is 0 Å². The standard InChI is InChI=1S/C9H13N3O/c1-2-6-12(7-8-13)9-10-4-3-5-11-9/h2-5,13H,1,6-8H2. The van der Waals surface area contributed by atoms with Gasteiger partial charge in [0.25, 0.3) is 0 Å². The van der Waals surface area contributed by atoms with Gasteiger partial charge in [0.05, 0.1) is 6.61 Å². The van der Waals surface area contributed by atoms with E-state index in [1.807, 2.05) is 4.90 Å². The van der Waals surface area contributed by atoms with Crippen LogP contribution < -0.4 is 4.90 Å². The molecule has 4 heteroatoms. The Bertz CT molecular complexity index is 250. The third-order valence-corrected chi connectivity index (χ3v) is 1.55. The molecule has 1 aromatic heterocycles. The van der Waals surface area contributed by atoms with E-state index in [0.29, 0.717) is 19.0 Å². The van der Waals surface area contributed by atoms with Crippen LogP contribution in [-0.2, 0) is 0 Å². The molecule has 70 valence electrons. The summed E-state index contributed by atoms with van der Waals surface area (Å²) in [7, 11) is 0. The highest BCUT2D eigenvalue weighted by molar-refractivity contribution is 5.29. The van der Waals surface area contributed by atoms with Crippen LogP contribution in [0.3, 0.4) is 0 Å². The lowest BCUT2D eigenvalue weighted by atomic mass is 10.5. The molecule has 1 rings (SSSR count). The molecule has 0 aliphatic rings. The molecule has 0 unspecified atom stereocenters. The highest BCUT2D eigenvalue weighted by Gasteiger charge is 2.04. The minimum atomic E-state index is 0.0894. The number of anilines is 1. The van der Waals surface area contributed by atoms with Crippen molar-refractivity contribution in [1.82, 2.24) is 9.97 Å². The van der Waals surface area contributed by atoms with Crippen molar-refractivity contribution >= 4 is 5.95 Å². The number of hydrogen-bond donors (Lipinski definition) is 1. The number of rotatable bonds is 5. The van der Waals surface area contributed by atoms with Crippen LogP contribution in [0.15, 0.2) is 31.1 Å². The molecule has 0 amide bonds. The summed E-state index contributed by atoms with van der Waals surface area (Å²) in [6.07, 6.45) is 5.11. The largest absolute Gasteiger partial charge is 0.395 e. The Labute approximate surface area is 77.6 Å². The Morgan fingerprint density at radius 1 is 1.46 bits per heavy atom. The van der Waals surface area contributed by atoms with Gasteiger partial charge in [-0.05, 0) is 6.07 Å². The zero-order chi connectivity index (χ0) is 9.52. The molecule has 0 atom stereocenters. The van der Waals surface area contributed by atoms with Gasteiger partial charge in [0.1, 0.15) is 0 Å². The molecule has 0 bridgehead atoms. The molecule has 1 heterocycles. The topological polar surface area (TPSA) is 49.2 Å². The fourth-order valence-corrected chi connectivity index (χ4v) is 1.00. The van der Waals surface area contributed by atoms with Crippen molar-refractivity contribution in [2.45, 2.75) is 0 Å². The normalized spacial score (nSPS) is 9.62. The van der Waals surface area contributed by atoms with E-state index in [1.165, 1.54) is 0 Å². The molecular formula is C9H13N3O. The van der Waals surface area contributed by atoms with Crippen molar-refractivity contribution in [2.75, 3.05) is 24.6 Å². The summed E-state index contributed by atoms with van der Waals surface area (Å²) in [5.41, 5.74) is 0. The van der Waals surface area contributed by atoms with Crippen molar-refractivity contribution in [3.8, 4) is 0 Å². The smallest absolute Gasteiger partial charge is 0.225 e. The average Bonchev–Trinajstić information content (AvgIpc) is 2.19. The monoisotopic (exact) mass is 179 g/mol. The summed E-state index contributed by atoms with van der Waals surface area (Å²) >= 11 is 0. The van der Waals surface area contributed by atoms with Gasteiger partial charge in [-0.25, -0.2) is 9.97 Å². The quantitative estimate of drug-likeness (QED) is 0.667. The van der Waals surface area contributed by atoms with Gasteiger partial charge in [-0.15, -0.1) is 6.58 Å². The second-order valence-corrected chi connectivity index (χ2v) is 2.51. The molecule has 1 aromatic rings. The summed E-state index contributed by atoms with van der Waals surface area (Å²) < 4.78 is 0. The van der Waals surface area contributed by atoms with Crippen LogP contribution in [-0.4, -0.2) is 34.8 Å². The average molecular weight is 179 g/mol. The van der Waals surface area contributed by atoms with Crippen LogP contribution in [0.4, 0.5) is 5.95 Å². The third kappa shape index (κ3) is 2.83. The third-order valence-electron chi connectivity index (χ3n) is 1.55. The molecule has 4 nitrogen and oxygen atoms in total. The number of aliphatic hydroxyl groups is 1. The Kier molecular flexibility index (Phi) is 3.92. The molecule has 1 N–H and O–H groups in total. The highest BCUT2D eigenvalue weighted by atomic mass is 16.3. The molecule has 0 spiro atoms. The lowest BCUT2D eigenvalue weighted by Crippen LogP contribution is -2.28. The van der Waals surface area contributed by atoms with E-state index in [9.17, 15) is 0 Å². The first kappa shape index (κ1) is 9.67. The Morgan fingerprint density at radius 2 is 2.15 bits per heavy atom. The SMILES string of the molecule is C=CCN(CCO)c1ncccn1. The number of aliphatic hydroxyl groups excluding tert-OH is 1. The van der Waals surface area contributed by atoms with E-state index in [1.54, 1.807) is 24.5 Å². The fourth-order valence-electron chi connectivity index (χ4n) is 1.00. The van der Waals surface area contributed by atoms with Crippen LogP contribution in [0, 0.1) is 0 Å². The zero-order valence-corrected chi connectivity index (χ0v) is 7.43. The van der Waals surface area contributed by atoms with Crippen LogP contribution in [0.25, 0.3) is 0 Å². The van der Waals surface area contributed by atoms with Gasteiger partial charge in [-0.1, -0.05) is 6.08 Å². The zero-order valence-electron chi connectivity index (χ0n) is 7.43. The van der Waals surface area contributed by atoms with Crippen molar-refractivity contribution in [1.29, 1.82) is 0 Å². The van der Waals surface area contributed by atoms with Gasteiger partial charge in [0.15, 0.2) is 0 Å². The van der Waals surface area contributed by atoms with Gasteiger partial charge in [-0.2, -0.15) is 0 Å². The molecule has 0 saturated heterocycles. The maximum atomic E-state index is 8.79. The maximum absolute atomic E-state index is 8.79. The highest BCUT2D eigenvalue weighted by Crippen LogP contribution is 2.03. The summed E-state index contributed by atoms with van der Waals surface area (Å²) in [5, 5.41) is 8.79. The van der Waals surface area contributed by atoms with Gasteiger partial charge in [0, 0.05) is 25.5 Å². The van der Waals surface area contributed by atoms with E-state index < -0.39 is 0 Å². The van der Waals surface area contributed by atoms with Crippen molar-refractivity contribution < 1.29 is 5.11 Å². The molecule has 0 aliphatic carbocycles. The summed E-state index contributed by atoms with van der Waals surface area (Å²) in [4.78, 5) is 10.00.